The highest BCUT2D eigenvalue weighted by Gasteiger charge is 2.48. The summed E-state index contributed by atoms with van der Waals surface area (Å²) in [7, 11) is 3.58. The molecule has 12 atom stereocenters. The first-order valence-electron chi connectivity index (χ1n) is 17.6. The van der Waals surface area contributed by atoms with Crippen LogP contribution in [0.1, 0.15) is 65.9 Å². The second-order valence-electron chi connectivity index (χ2n) is 13.8. The number of aromatic nitrogens is 2. The Labute approximate surface area is 300 Å². The van der Waals surface area contributed by atoms with Crippen LogP contribution < -0.4 is 0 Å². The zero-order chi connectivity index (χ0) is 37.7. The number of likely N-dealkylation sites (N-methyl/N-ethyl adjacent to an activating group) is 1. The number of allylic oxidation sites excluding steroid dienone is 3. The molecule has 282 valence electrons. The quantitative estimate of drug-likeness (QED) is 0.219. The maximum atomic E-state index is 14.1. The van der Waals surface area contributed by atoms with Crippen molar-refractivity contribution < 1.29 is 47.9 Å². The molecule has 1 saturated heterocycles. The second kappa shape index (κ2) is 20.6. The predicted octanol–water partition coefficient (Wildman–Crippen LogP) is 3.25. The Morgan fingerprint density at radius 1 is 1.12 bits per heavy atom. The molecule has 51 heavy (non-hydrogen) atoms. The van der Waals surface area contributed by atoms with Gasteiger partial charge in [0.15, 0.2) is 12.1 Å². The number of aliphatic hydroxyl groups is 2. The van der Waals surface area contributed by atoms with Gasteiger partial charge in [-0.05, 0) is 52.8 Å². The number of carbonyl (C=O) groups excluding carboxylic acids is 3. The number of cyclic esters (lactones) is 1. The molecule has 0 saturated carbocycles. The van der Waals surface area contributed by atoms with Gasteiger partial charge in [-0.15, -0.1) is 0 Å². The molecule has 0 radical (unpaired) electrons. The monoisotopic (exact) mass is 715 g/mol. The molecular formula is C38H54FN3O9. The molecule has 3 heterocycles. The van der Waals surface area contributed by atoms with E-state index in [9.17, 15) is 29.0 Å². The fourth-order valence-corrected chi connectivity index (χ4v) is 6.75. The van der Waals surface area contributed by atoms with Gasteiger partial charge in [-0.1, -0.05) is 50.3 Å². The van der Waals surface area contributed by atoms with Crippen molar-refractivity contribution >= 4 is 18.0 Å². The number of ketones is 1. The Morgan fingerprint density at radius 2 is 1.82 bits per heavy atom. The summed E-state index contributed by atoms with van der Waals surface area (Å²) in [5, 5.41) is 23.1. The van der Waals surface area contributed by atoms with E-state index in [-0.39, 0.29) is 25.2 Å². The lowest BCUT2D eigenvalue weighted by atomic mass is 9.79. The number of hydrogen-bond donors (Lipinski definition) is 2. The average molecular weight is 716 g/mol. The van der Waals surface area contributed by atoms with Gasteiger partial charge < -0.3 is 38.9 Å². The minimum absolute atomic E-state index is 0.0190. The van der Waals surface area contributed by atoms with Crippen LogP contribution in [0.4, 0.5) is 4.39 Å². The number of alkyl halides is 1. The Kier molecular flexibility index (Phi) is 17.0. The number of ether oxygens (including phenoxy) is 4. The molecule has 12 nitrogen and oxygen atoms in total. The lowest BCUT2D eigenvalue weighted by molar-refractivity contribution is -0.307. The largest absolute Gasteiger partial charge is 0.462 e. The summed E-state index contributed by atoms with van der Waals surface area (Å²) in [6, 6.07) is -0.608. The third-order valence-corrected chi connectivity index (χ3v) is 9.64. The summed E-state index contributed by atoms with van der Waals surface area (Å²) >= 11 is 0. The van der Waals surface area contributed by atoms with E-state index in [4.69, 9.17) is 18.9 Å². The summed E-state index contributed by atoms with van der Waals surface area (Å²) in [6.45, 7) is 7.98. The van der Waals surface area contributed by atoms with Crippen LogP contribution in [0.3, 0.4) is 0 Å². The molecule has 1 aromatic heterocycles. The molecule has 0 spiro atoms. The lowest BCUT2D eigenvalue weighted by Crippen LogP contribution is -2.64. The summed E-state index contributed by atoms with van der Waals surface area (Å²) in [5.41, 5.74) is 1.26. The molecule has 0 bridgehead atoms. The van der Waals surface area contributed by atoms with Crippen LogP contribution in [-0.2, 0) is 33.3 Å². The van der Waals surface area contributed by atoms with Gasteiger partial charge >= 0.3 is 5.97 Å². The minimum Gasteiger partial charge on any atom is -0.462 e. The fourth-order valence-electron chi connectivity index (χ4n) is 6.75. The van der Waals surface area contributed by atoms with Crippen molar-refractivity contribution in [3.63, 3.8) is 0 Å². The molecule has 2 N–H and O–H groups in total. The number of nitrogens with zero attached hydrogens (tertiary/aromatic N) is 3. The first-order chi connectivity index (χ1) is 24.3. The van der Waals surface area contributed by atoms with Crippen molar-refractivity contribution in [3.05, 3.63) is 48.1 Å². The topological polar surface area (TPSA) is 158 Å². The fraction of sp³-hybridized carbons (Fsp3) is 0.658. The molecule has 13 heteroatoms. The maximum absolute atomic E-state index is 14.1. The molecule has 0 amide bonds. The van der Waals surface area contributed by atoms with Crippen molar-refractivity contribution in [1.29, 1.82) is 0 Å². The van der Waals surface area contributed by atoms with Crippen LogP contribution in [0.25, 0.3) is 0 Å². The highest BCUT2D eigenvalue weighted by atomic mass is 19.1. The minimum atomic E-state index is -1.30. The van der Waals surface area contributed by atoms with Crippen molar-refractivity contribution in [2.75, 3.05) is 27.4 Å². The van der Waals surface area contributed by atoms with Gasteiger partial charge in [-0.25, -0.2) is 9.97 Å². The molecule has 2 aliphatic heterocycles. The Bertz CT molecular complexity index is 1400. The number of rotatable bonds is 9. The third kappa shape index (κ3) is 12.1. The van der Waals surface area contributed by atoms with Crippen LogP contribution in [0.15, 0.2) is 42.5 Å². The Balaban J connectivity index is 1.92. The lowest BCUT2D eigenvalue weighted by Gasteiger charge is -2.47. The Morgan fingerprint density at radius 3 is 2.45 bits per heavy atom. The third-order valence-electron chi connectivity index (χ3n) is 9.64. The average Bonchev–Trinajstić information content (AvgIpc) is 3.10. The van der Waals surface area contributed by atoms with E-state index in [2.05, 4.69) is 21.8 Å². The highest BCUT2D eigenvalue weighted by molar-refractivity contribution is 5.91. The van der Waals surface area contributed by atoms with Crippen molar-refractivity contribution in [2.24, 2.45) is 23.7 Å². The van der Waals surface area contributed by atoms with Gasteiger partial charge in [0.2, 0.25) is 0 Å². The molecule has 2 aliphatic rings. The van der Waals surface area contributed by atoms with E-state index in [1.165, 1.54) is 12.4 Å². The number of esters is 1. The van der Waals surface area contributed by atoms with E-state index in [1.807, 2.05) is 0 Å². The highest BCUT2D eigenvalue weighted by Crippen LogP contribution is 2.35. The molecule has 3 rings (SSSR count). The predicted molar refractivity (Wildman–Crippen MR) is 187 cm³/mol. The second-order valence-corrected chi connectivity index (χ2v) is 13.8. The van der Waals surface area contributed by atoms with Crippen LogP contribution in [0.5, 0.6) is 0 Å². The van der Waals surface area contributed by atoms with Crippen molar-refractivity contribution in [1.82, 2.24) is 14.9 Å². The normalized spacial score (nSPS) is 35.9. The van der Waals surface area contributed by atoms with E-state index < -0.39 is 91.7 Å². The van der Waals surface area contributed by atoms with E-state index in [1.54, 1.807) is 78.2 Å². The number of hydrogen-bond acceptors (Lipinski definition) is 12. The van der Waals surface area contributed by atoms with Crippen LogP contribution >= 0.6 is 0 Å². The van der Waals surface area contributed by atoms with Crippen LogP contribution in [-0.4, -0.2) is 119 Å². The smallest absolute Gasteiger partial charge is 0.308 e. The number of aliphatic hydroxyl groups excluding tert-OH is 2. The molecule has 1 fully saturated rings. The van der Waals surface area contributed by atoms with Gasteiger partial charge in [0.05, 0.1) is 43.0 Å². The van der Waals surface area contributed by atoms with Gasteiger partial charge in [0, 0.05) is 36.6 Å². The molecule has 0 unspecified atom stereocenters. The zero-order valence-electron chi connectivity index (χ0n) is 30.7. The number of carbonyl (C=O) groups is 3. The standard InChI is InChI=1S/C38H54FN3O9/c1-8-32-29(19-39)16-23(2)11-12-30(44)24(3)17-28(13-14-43)36(25(4)31(45)18-33(46)50-32)51-38-35(47)34(42(6)7)37(26(5)49-38)48-15-9-10-27-20-40-22-41-21-27/h11-12,14,16,20-22,24-26,28-29,31-32,34-38,45,47H,8,13,15,17-19H2,1-7H3/b12-11+,23-16+/t24-,25+,26-,28+,29-,31-,32-,34-,35-,36-,37-,38+/m1/s1. The van der Waals surface area contributed by atoms with Gasteiger partial charge in [0.25, 0.3) is 0 Å². The van der Waals surface area contributed by atoms with Crippen molar-refractivity contribution in [3.8, 4) is 11.8 Å². The Hall–Kier alpha value is -3.38. The van der Waals surface area contributed by atoms with E-state index >= 15 is 0 Å². The van der Waals surface area contributed by atoms with Crippen LogP contribution in [0, 0.1) is 35.5 Å². The van der Waals surface area contributed by atoms with Gasteiger partial charge in [-0.2, -0.15) is 0 Å². The number of halogens is 1. The van der Waals surface area contributed by atoms with Gasteiger partial charge in [-0.3, -0.25) is 14.0 Å². The van der Waals surface area contributed by atoms with E-state index in [0.29, 0.717) is 17.6 Å². The first-order valence-corrected chi connectivity index (χ1v) is 17.6. The summed E-state index contributed by atoms with van der Waals surface area (Å²) < 4.78 is 38.6. The molecule has 1 aromatic rings. The van der Waals surface area contributed by atoms with E-state index in [0.717, 1.165) is 6.29 Å². The van der Waals surface area contributed by atoms with Crippen molar-refractivity contribution in [2.45, 2.75) is 109 Å². The van der Waals surface area contributed by atoms with Crippen LogP contribution in [0.2, 0.25) is 0 Å². The number of aldehydes is 1. The summed E-state index contributed by atoms with van der Waals surface area (Å²) in [6.07, 6.45) is 3.38. The SMILES string of the molecule is CC[C@H]1OC(=O)C[C@@H](O)[C@H](C)[C@@H](O[C@@H]2O[C@H](C)[C@@H](OCC#Cc3cncnc3)[C@H](N(C)C)[C@H]2O)[C@@H](CC=O)C[C@@H](C)C(=O)/C=C/C(C)=C/[C@@H]1CF. The molecule has 0 aromatic carbocycles. The molecule has 0 aliphatic carbocycles. The summed E-state index contributed by atoms with van der Waals surface area (Å²) in [5.74, 6) is 2.28. The molecular weight excluding hydrogens is 661 g/mol. The summed E-state index contributed by atoms with van der Waals surface area (Å²) in [4.78, 5) is 48.1. The maximum Gasteiger partial charge on any atom is 0.308 e. The first kappa shape index (κ1) is 42.0. The zero-order valence-corrected chi connectivity index (χ0v) is 30.7. The van der Waals surface area contributed by atoms with Gasteiger partial charge in [0.1, 0.15) is 37.5 Å².